The van der Waals surface area contributed by atoms with Crippen LogP contribution in [0.3, 0.4) is 0 Å². The topological polar surface area (TPSA) is 89.3 Å². The molecule has 0 saturated carbocycles. The van der Waals surface area contributed by atoms with Crippen molar-refractivity contribution in [3.05, 3.63) is 29.8 Å². The average Bonchev–Trinajstić information content (AvgIpc) is 2.25. The number of aryl methyl sites for hydroxylation is 1. The summed E-state index contributed by atoms with van der Waals surface area (Å²) < 4.78 is 0. The Labute approximate surface area is 83.5 Å². The van der Waals surface area contributed by atoms with Gasteiger partial charge in [0.25, 0.3) is 0 Å². The van der Waals surface area contributed by atoms with Crippen LogP contribution >= 0.6 is 0 Å². The molecule has 0 aliphatic rings. The SMILES string of the molecule is CN.Cc1ccccc1N(C=N)N=N. The summed E-state index contributed by atoms with van der Waals surface area (Å²) in [4.78, 5) is 0. The summed E-state index contributed by atoms with van der Waals surface area (Å²) in [6, 6.07) is 7.49. The van der Waals surface area contributed by atoms with Gasteiger partial charge in [-0.1, -0.05) is 23.4 Å². The molecule has 0 fully saturated rings. The van der Waals surface area contributed by atoms with E-state index in [9.17, 15) is 0 Å². The monoisotopic (exact) mass is 193 g/mol. The summed E-state index contributed by atoms with van der Waals surface area (Å²) in [5.41, 5.74) is 13.1. The van der Waals surface area contributed by atoms with Crippen molar-refractivity contribution < 1.29 is 0 Å². The third-order valence-electron chi connectivity index (χ3n) is 1.59. The molecule has 0 aromatic heterocycles. The molecule has 0 aliphatic carbocycles. The Morgan fingerprint density at radius 1 is 1.36 bits per heavy atom. The Morgan fingerprint density at radius 3 is 2.36 bits per heavy atom. The fourth-order valence-electron chi connectivity index (χ4n) is 0.973. The van der Waals surface area contributed by atoms with Gasteiger partial charge in [-0.25, -0.2) is 5.01 Å². The van der Waals surface area contributed by atoms with Crippen molar-refractivity contribution in [2.45, 2.75) is 6.92 Å². The first-order chi connectivity index (χ1) is 6.79. The molecule has 0 bridgehead atoms. The first kappa shape index (κ1) is 12.2. The fraction of sp³-hybridized carbons (Fsp3) is 0.222. The zero-order valence-electron chi connectivity index (χ0n) is 8.36. The molecule has 1 aromatic carbocycles. The molecule has 0 aliphatic heterocycles. The van der Waals surface area contributed by atoms with Gasteiger partial charge in [-0.2, -0.15) is 5.53 Å². The summed E-state index contributed by atoms with van der Waals surface area (Å²) in [6.07, 6.45) is 1.01. The minimum atomic E-state index is 0.766. The first-order valence-electron chi connectivity index (χ1n) is 4.10. The van der Waals surface area contributed by atoms with Crippen molar-refractivity contribution in [2.24, 2.45) is 11.0 Å². The predicted octanol–water partition coefficient (Wildman–Crippen LogP) is 1.93. The number of para-hydroxylation sites is 1. The van der Waals surface area contributed by atoms with Crippen LogP contribution in [0.15, 0.2) is 29.5 Å². The lowest BCUT2D eigenvalue weighted by Crippen LogP contribution is -2.12. The number of hydrogen-bond acceptors (Lipinski definition) is 4. The minimum Gasteiger partial charge on any atom is -0.333 e. The second-order valence-corrected chi connectivity index (χ2v) is 2.36. The normalized spacial score (nSPS) is 8.21. The van der Waals surface area contributed by atoms with Gasteiger partial charge >= 0.3 is 0 Å². The Balaban J connectivity index is 0.000000791. The summed E-state index contributed by atoms with van der Waals surface area (Å²) >= 11 is 0. The molecule has 5 nitrogen and oxygen atoms in total. The van der Waals surface area contributed by atoms with Crippen molar-refractivity contribution >= 4 is 12.0 Å². The summed E-state index contributed by atoms with van der Waals surface area (Å²) in [6.45, 7) is 1.91. The van der Waals surface area contributed by atoms with Crippen LogP contribution in [0.4, 0.5) is 5.69 Å². The number of rotatable bonds is 3. The molecule has 4 N–H and O–H groups in total. The molecule has 0 spiro atoms. The van der Waals surface area contributed by atoms with Gasteiger partial charge in [-0.15, -0.1) is 0 Å². The van der Waals surface area contributed by atoms with E-state index in [4.69, 9.17) is 10.9 Å². The molecule has 0 saturated heterocycles. The lowest BCUT2D eigenvalue weighted by atomic mass is 10.2. The minimum absolute atomic E-state index is 0.766. The molecule has 76 valence electrons. The van der Waals surface area contributed by atoms with E-state index in [2.05, 4.69) is 11.0 Å². The highest BCUT2D eigenvalue weighted by Gasteiger charge is 2.02. The van der Waals surface area contributed by atoms with Crippen LogP contribution in [0.25, 0.3) is 0 Å². The maximum atomic E-state index is 6.98. The quantitative estimate of drug-likeness (QED) is 0.296. The third kappa shape index (κ3) is 2.95. The number of nitrogens with zero attached hydrogens (tertiary/aromatic N) is 2. The van der Waals surface area contributed by atoms with Crippen molar-refractivity contribution in [3.8, 4) is 0 Å². The van der Waals surface area contributed by atoms with Crippen molar-refractivity contribution in [2.75, 3.05) is 12.1 Å². The van der Waals surface area contributed by atoms with Gasteiger partial charge in [-0.05, 0) is 25.6 Å². The molecule has 1 rings (SSSR count). The molecule has 0 amide bonds. The summed E-state index contributed by atoms with van der Waals surface area (Å²) in [7, 11) is 1.50. The zero-order chi connectivity index (χ0) is 11.0. The zero-order valence-corrected chi connectivity index (χ0v) is 8.36. The Hall–Kier alpha value is -1.75. The average molecular weight is 193 g/mol. The van der Waals surface area contributed by atoms with E-state index in [1.807, 2.05) is 31.2 Å². The van der Waals surface area contributed by atoms with Crippen molar-refractivity contribution in [3.63, 3.8) is 0 Å². The van der Waals surface area contributed by atoms with Crippen LogP contribution in [-0.4, -0.2) is 13.4 Å². The molecule has 0 heterocycles. The number of nitrogens with two attached hydrogens (primary N) is 1. The third-order valence-corrected chi connectivity index (χ3v) is 1.59. The molecular weight excluding hydrogens is 178 g/mol. The van der Waals surface area contributed by atoms with Gasteiger partial charge in [0, 0.05) is 0 Å². The van der Waals surface area contributed by atoms with Crippen molar-refractivity contribution in [1.82, 2.24) is 0 Å². The van der Waals surface area contributed by atoms with E-state index in [1.54, 1.807) is 0 Å². The van der Waals surface area contributed by atoms with E-state index < -0.39 is 0 Å². The molecule has 1 aromatic rings. The molecule has 14 heavy (non-hydrogen) atoms. The Morgan fingerprint density at radius 2 is 1.93 bits per heavy atom. The maximum Gasteiger partial charge on any atom is 0.110 e. The van der Waals surface area contributed by atoms with Crippen LogP contribution in [0, 0.1) is 17.9 Å². The maximum absolute atomic E-state index is 6.98. The second-order valence-electron chi connectivity index (χ2n) is 2.36. The van der Waals surface area contributed by atoms with Crippen LogP contribution < -0.4 is 10.7 Å². The van der Waals surface area contributed by atoms with E-state index in [0.29, 0.717) is 0 Å². The lowest BCUT2D eigenvalue weighted by Gasteiger charge is -2.12. The summed E-state index contributed by atoms with van der Waals surface area (Å²) in [5.74, 6) is 0. The predicted molar refractivity (Wildman–Crippen MR) is 57.7 cm³/mol. The second kappa shape index (κ2) is 6.73. The van der Waals surface area contributed by atoms with Gasteiger partial charge in [0.1, 0.15) is 6.34 Å². The van der Waals surface area contributed by atoms with Gasteiger partial charge < -0.3 is 5.73 Å². The van der Waals surface area contributed by atoms with Gasteiger partial charge in [0.15, 0.2) is 0 Å². The van der Waals surface area contributed by atoms with Gasteiger partial charge in [0.2, 0.25) is 0 Å². The number of benzene rings is 1. The largest absolute Gasteiger partial charge is 0.333 e. The van der Waals surface area contributed by atoms with Crippen LogP contribution in [-0.2, 0) is 0 Å². The summed E-state index contributed by atoms with van der Waals surface area (Å²) in [5, 5.41) is 11.4. The first-order valence-corrected chi connectivity index (χ1v) is 4.10. The van der Waals surface area contributed by atoms with Crippen LogP contribution in [0.5, 0.6) is 0 Å². The molecule has 0 atom stereocenters. The molecule has 0 radical (unpaired) electrons. The lowest BCUT2D eigenvalue weighted by molar-refractivity contribution is 0.948. The molecule has 5 heteroatoms. The van der Waals surface area contributed by atoms with Gasteiger partial charge in [-0.3, -0.25) is 5.41 Å². The van der Waals surface area contributed by atoms with E-state index >= 15 is 0 Å². The Kier molecular flexibility index (Phi) is 5.89. The van der Waals surface area contributed by atoms with E-state index in [-0.39, 0.29) is 0 Å². The van der Waals surface area contributed by atoms with Crippen LogP contribution in [0.1, 0.15) is 5.56 Å². The number of nitrogens with one attached hydrogen (secondary N) is 2. The fourth-order valence-corrected chi connectivity index (χ4v) is 0.973. The highest BCUT2D eigenvalue weighted by Crippen LogP contribution is 2.17. The van der Waals surface area contributed by atoms with Crippen molar-refractivity contribution in [1.29, 1.82) is 10.9 Å². The number of hydrogen-bond donors (Lipinski definition) is 3. The van der Waals surface area contributed by atoms with Crippen LogP contribution in [0.2, 0.25) is 0 Å². The Bertz CT molecular complexity index is 289. The van der Waals surface area contributed by atoms with E-state index in [1.165, 1.54) is 12.1 Å². The number of anilines is 1. The standard InChI is InChI=1S/C8H10N4.CH5N/c1-7-4-2-3-5-8(7)12(6-9)11-10;1-2/h2-6,9-10H,1H3;2H2,1H3. The van der Waals surface area contributed by atoms with Gasteiger partial charge in [0.05, 0.1) is 5.69 Å². The highest BCUT2D eigenvalue weighted by molar-refractivity contribution is 5.77. The highest BCUT2D eigenvalue weighted by atomic mass is 15.5. The van der Waals surface area contributed by atoms with E-state index in [0.717, 1.165) is 17.6 Å². The molecular formula is C9H15N5. The smallest absolute Gasteiger partial charge is 0.110 e. The molecule has 0 unspecified atom stereocenters.